The zero-order valence-electron chi connectivity index (χ0n) is 17.8. The van der Waals surface area contributed by atoms with Gasteiger partial charge in [0, 0.05) is 6.20 Å². The molecule has 0 spiro atoms. The molecule has 0 fully saturated rings. The summed E-state index contributed by atoms with van der Waals surface area (Å²) in [5.74, 6) is -0.323. The Kier molecular flexibility index (Phi) is 6.64. The number of aromatic nitrogens is 2. The molecule has 0 saturated carbocycles. The van der Waals surface area contributed by atoms with E-state index < -0.39 is 11.5 Å². The van der Waals surface area contributed by atoms with E-state index in [2.05, 4.69) is 10.3 Å². The van der Waals surface area contributed by atoms with E-state index in [0.29, 0.717) is 11.4 Å². The number of halogens is 2. The number of hydrogen-bond acceptors (Lipinski definition) is 5. The van der Waals surface area contributed by atoms with Crippen molar-refractivity contribution in [2.75, 3.05) is 5.32 Å². The van der Waals surface area contributed by atoms with Crippen molar-refractivity contribution in [2.24, 2.45) is 0 Å². The predicted octanol–water partition coefficient (Wildman–Crippen LogP) is 5.65. The second kappa shape index (κ2) is 9.79. The summed E-state index contributed by atoms with van der Waals surface area (Å²) in [5, 5.41) is 12.6. The molecule has 1 amide bonds. The molecule has 0 atom stereocenters. The number of nitrogens with one attached hydrogen (secondary N) is 1. The fraction of sp³-hybridized carbons (Fsp3) is 0.0400. The van der Waals surface area contributed by atoms with Crippen molar-refractivity contribution in [1.29, 1.82) is 5.26 Å². The van der Waals surface area contributed by atoms with E-state index >= 15 is 0 Å². The average molecular weight is 491 g/mol. The van der Waals surface area contributed by atoms with Crippen LogP contribution < -0.4 is 15.6 Å². The standard InChI is InChI=1S/C25H16Cl2N4O3/c1-15-7-2-3-10-20(15)34-24-17(25(33)31-12-5-4-11-21(31)30-24)13-16(14-28)23(32)29-19-9-6-8-18(26)22(19)27/h2-13H,1H3,(H,29,32)/b16-13-. The number of ether oxygens (including phenoxy) is 1. The van der Waals surface area contributed by atoms with Crippen LogP contribution in [0.2, 0.25) is 10.0 Å². The van der Waals surface area contributed by atoms with Crippen LogP contribution in [0.25, 0.3) is 11.7 Å². The van der Waals surface area contributed by atoms with Crippen molar-refractivity contribution in [3.8, 4) is 17.7 Å². The fourth-order valence-corrected chi connectivity index (χ4v) is 3.49. The number of fused-ring (bicyclic) bond motifs is 1. The largest absolute Gasteiger partial charge is 0.438 e. The number of aryl methyl sites for hydroxylation is 1. The smallest absolute Gasteiger partial charge is 0.269 e. The highest BCUT2D eigenvalue weighted by Crippen LogP contribution is 2.30. The maximum absolute atomic E-state index is 13.3. The van der Waals surface area contributed by atoms with Crippen LogP contribution in [0.3, 0.4) is 0 Å². The number of pyridine rings is 1. The van der Waals surface area contributed by atoms with Gasteiger partial charge in [0.15, 0.2) is 0 Å². The lowest BCUT2D eigenvalue weighted by molar-refractivity contribution is -0.112. The highest BCUT2D eigenvalue weighted by molar-refractivity contribution is 6.44. The van der Waals surface area contributed by atoms with Crippen LogP contribution in [0.15, 0.2) is 77.2 Å². The number of anilines is 1. The molecule has 4 aromatic rings. The Bertz CT molecular complexity index is 1550. The Morgan fingerprint density at radius 2 is 1.88 bits per heavy atom. The molecule has 34 heavy (non-hydrogen) atoms. The predicted molar refractivity (Wildman–Crippen MR) is 131 cm³/mol. The molecule has 2 heterocycles. The van der Waals surface area contributed by atoms with Crippen LogP contribution in [-0.2, 0) is 4.79 Å². The van der Waals surface area contributed by atoms with Gasteiger partial charge in [-0.2, -0.15) is 10.2 Å². The first-order chi connectivity index (χ1) is 16.4. The van der Waals surface area contributed by atoms with Gasteiger partial charge in [-0.05, 0) is 48.9 Å². The molecule has 7 nitrogen and oxygen atoms in total. The Morgan fingerprint density at radius 3 is 2.65 bits per heavy atom. The maximum atomic E-state index is 13.3. The lowest BCUT2D eigenvalue weighted by Crippen LogP contribution is -2.20. The first kappa shape index (κ1) is 23.1. The summed E-state index contributed by atoms with van der Waals surface area (Å²) in [5.41, 5.74) is 0.486. The molecule has 4 rings (SSSR count). The number of hydrogen-bond donors (Lipinski definition) is 1. The van der Waals surface area contributed by atoms with E-state index in [9.17, 15) is 14.9 Å². The third-order valence-corrected chi connectivity index (χ3v) is 5.71. The summed E-state index contributed by atoms with van der Waals surface area (Å²) in [6.45, 7) is 1.85. The van der Waals surface area contributed by atoms with E-state index in [1.165, 1.54) is 10.6 Å². The minimum atomic E-state index is -0.772. The summed E-state index contributed by atoms with van der Waals surface area (Å²) in [4.78, 5) is 30.6. The van der Waals surface area contributed by atoms with E-state index in [4.69, 9.17) is 27.9 Å². The van der Waals surface area contributed by atoms with E-state index in [0.717, 1.165) is 11.6 Å². The van der Waals surface area contributed by atoms with Crippen molar-refractivity contribution in [1.82, 2.24) is 9.38 Å². The molecule has 168 valence electrons. The Balaban J connectivity index is 1.82. The van der Waals surface area contributed by atoms with Crippen LogP contribution >= 0.6 is 23.2 Å². The van der Waals surface area contributed by atoms with Gasteiger partial charge in [-0.15, -0.1) is 0 Å². The quantitative estimate of drug-likeness (QED) is 0.288. The Morgan fingerprint density at radius 1 is 1.12 bits per heavy atom. The minimum Gasteiger partial charge on any atom is -0.438 e. The molecule has 0 aliphatic heterocycles. The normalized spacial score (nSPS) is 11.2. The van der Waals surface area contributed by atoms with Crippen LogP contribution in [0.5, 0.6) is 11.6 Å². The zero-order chi connectivity index (χ0) is 24.2. The number of para-hydroxylation sites is 1. The first-order valence-electron chi connectivity index (χ1n) is 10.0. The van der Waals surface area contributed by atoms with Gasteiger partial charge in [-0.1, -0.05) is 53.5 Å². The molecule has 0 unspecified atom stereocenters. The van der Waals surface area contributed by atoms with Crippen LogP contribution in [0, 0.1) is 18.3 Å². The van der Waals surface area contributed by atoms with Gasteiger partial charge in [-0.3, -0.25) is 14.0 Å². The molecule has 2 aromatic heterocycles. The Labute approximate surface area is 204 Å². The molecule has 1 N–H and O–H groups in total. The Hall–Kier alpha value is -4.12. The zero-order valence-corrected chi connectivity index (χ0v) is 19.3. The van der Waals surface area contributed by atoms with Crippen molar-refractivity contribution in [3.63, 3.8) is 0 Å². The van der Waals surface area contributed by atoms with Crippen molar-refractivity contribution in [3.05, 3.63) is 104 Å². The topological polar surface area (TPSA) is 96.5 Å². The van der Waals surface area contributed by atoms with E-state index in [1.807, 2.05) is 25.1 Å². The number of nitriles is 1. The maximum Gasteiger partial charge on any atom is 0.269 e. The second-order valence-electron chi connectivity index (χ2n) is 7.16. The summed E-state index contributed by atoms with van der Waals surface area (Å²) in [6.07, 6.45) is 2.69. The van der Waals surface area contributed by atoms with Gasteiger partial charge < -0.3 is 10.1 Å². The van der Waals surface area contributed by atoms with Gasteiger partial charge >= 0.3 is 0 Å². The summed E-state index contributed by atoms with van der Waals surface area (Å²) < 4.78 is 7.26. The minimum absolute atomic E-state index is 0.0353. The number of carbonyl (C=O) groups excluding carboxylic acids is 1. The first-order valence-corrected chi connectivity index (χ1v) is 10.8. The summed E-state index contributed by atoms with van der Waals surface area (Å²) in [6, 6.07) is 18.8. The molecule has 0 radical (unpaired) electrons. The molecule has 9 heteroatoms. The van der Waals surface area contributed by atoms with Crippen LogP contribution in [0.4, 0.5) is 5.69 Å². The van der Waals surface area contributed by atoms with Crippen molar-refractivity contribution >= 4 is 46.5 Å². The third kappa shape index (κ3) is 4.64. The van der Waals surface area contributed by atoms with Gasteiger partial charge in [0.25, 0.3) is 11.5 Å². The van der Waals surface area contributed by atoms with Crippen LogP contribution in [-0.4, -0.2) is 15.3 Å². The average Bonchev–Trinajstić information content (AvgIpc) is 2.83. The highest BCUT2D eigenvalue weighted by Gasteiger charge is 2.18. The van der Waals surface area contributed by atoms with E-state index in [1.54, 1.807) is 48.5 Å². The number of nitrogens with zero attached hydrogens (tertiary/aromatic N) is 3. The van der Waals surface area contributed by atoms with Gasteiger partial charge in [0.2, 0.25) is 5.88 Å². The molecular weight excluding hydrogens is 475 g/mol. The number of carbonyl (C=O) groups is 1. The monoisotopic (exact) mass is 490 g/mol. The fourth-order valence-electron chi connectivity index (χ4n) is 3.14. The van der Waals surface area contributed by atoms with Crippen molar-refractivity contribution in [2.45, 2.75) is 6.92 Å². The highest BCUT2D eigenvalue weighted by atomic mass is 35.5. The summed E-state index contributed by atoms with van der Waals surface area (Å²) >= 11 is 12.1. The molecule has 0 aliphatic carbocycles. The number of amides is 1. The molecule has 0 bridgehead atoms. The van der Waals surface area contributed by atoms with Gasteiger partial charge in [-0.25, -0.2) is 0 Å². The lowest BCUT2D eigenvalue weighted by atomic mass is 10.1. The van der Waals surface area contributed by atoms with Crippen molar-refractivity contribution < 1.29 is 9.53 Å². The molecule has 0 aliphatic rings. The second-order valence-corrected chi connectivity index (χ2v) is 7.94. The van der Waals surface area contributed by atoms with Gasteiger partial charge in [0.05, 0.1) is 15.7 Å². The molecule has 0 saturated heterocycles. The number of benzene rings is 2. The number of rotatable bonds is 5. The lowest BCUT2D eigenvalue weighted by Gasteiger charge is -2.12. The van der Waals surface area contributed by atoms with Gasteiger partial charge in [0.1, 0.15) is 28.6 Å². The molecule has 2 aromatic carbocycles. The van der Waals surface area contributed by atoms with Crippen LogP contribution in [0.1, 0.15) is 11.1 Å². The SMILES string of the molecule is Cc1ccccc1Oc1nc2ccccn2c(=O)c1/C=C(/C#N)C(=O)Nc1cccc(Cl)c1Cl. The van der Waals surface area contributed by atoms with E-state index in [-0.39, 0.29) is 32.7 Å². The third-order valence-electron chi connectivity index (χ3n) is 4.89. The molecular formula is C25H16Cl2N4O3. The summed E-state index contributed by atoms with van der Waals surface area (Å²) in [7, 11) is 0.